The minimum atomic E-state index is -0.219. The van der Waals surface area contributed by atoms with E-state index in [1.807, 2.05) is 6.92 Å². The van der Waals surface area contributed by atoms with Crippen LogP contribution in [-0.2, 0) is 14.3 Å². The minimum Gasteiger partial charge on any atom is -0.399 e. The van der Waals surface area contributed by atoms with E-state index in [0.717, 1.165) is 4.47 Å². The largest absolute Gasteiger partial charge is 0.399 e. The first-order valence-corrected chi connectivity index (χ1v) is 6.27. The number of rotatable bonds is 6. The first-order chi connectivity index (χ1) is 8.52. The number of nitrogens with two attached hydrogens (primary N) is 1. The summed E-state index contributed by atoms with van der Waals surface area (Å²) in [5, 5.41) is 2.73. The van der Waals surface area contributed by atoms with E-state index >= 15 is 0 Å². The predicted molar refractivity (Wildman–Crippen MR) is 74.5 cm³/mol. The summed E-state index contributed by atoms with van der Waals surface area (Å²) in [7, 11) is 1.59. The Bertz CT molecular complexity index is 412. The quantitative estimate of drug-likeness (QED) is 0.787. The average Bonchev–Trinajstić information content (AvgIpc) is 2.31. The van der Waals surface area contributed by atoms with E-state index in [0.29, 0.717) is 18.0 Å². The molecule has 6 heteroatoms. The van der Waals surface area contributed by atoms with Crippen LogP contribution in [0, 0.1) is 0 Å². The summed E-state index contributed by atoms with van der Waals surface area (Å²) in [6, 6.07) is 5.18. The number of hydrogen-bond acceptors (Lipinski definition) is 4. The highest BCUT2D eigenvalue weighted by Crippen LogP contribution is 2.24. The maximum atomic E-state index is 11.6. The van der Waals surface area contributed by atoms with Crippen molar-refractivity contribution < 1.29 is 14.3 Å². The van der Waals surface area contributed by atoms with Gasteiger partial charge in [0.1, 0.15) is 6.61 Å². The molecule has 0 spiro atoms. The van der Waals surface area contributed by atoms with E-state index in [2.05, 4.69) is 21.2 Å². The molecule has 18 heavy (non-hydrogen) atoms. The summed E-state index contributed by atoms with van der Waals surface area (Å²) >= 11 is 3.32. The van der Waals surface area contributed by atoms with Gasteiger partial charge in [-0.3, -0.25) is 4.79 Å². The van der Waals surface area contributed by atoms with Crippen molar-refractivity contribution in [3.05, 3.63) is 22.7 Å². The molecule has 1 atom stereocenters. The average molecular weight is 317 g/mol. The number of nitrogens with one attached hydrogen (secondary N) is 1. The third kappa shape index (κ3) is 5.03. The Kier molecular flexibility index (Phi) is 6.11. The van der Waals surface area contributed by atoms with Gasteiger partial charge in [-0.2, -0.15) is 0 Å². The third-order valence-corrected chi connectivity index (χ3v) is 2.82. The highest BCUT2D eigenvalue weighted by Gasteiger charge is 2.08. The number of hydrogen-bond donors (Lipinski definition) is 2. The second-order valence-electron chi connectivity index (χ2n) is 3.86. The molecule has 0 aliphatic carbocycles. The van der Waals surface area contributed by atoms with Gasteiger partial charge in [0.15, 0.2) is 0 Å². The van der Waals surface area contributed by atoms with Gasteiger partial charge in [0.2, 0.25) is 5.91 Å². The topological polar surface area (TPSA) is 73.6 Å². The van der Waals surface area contributed by atoms with Crippen molar-refractivity contribution in [2.45, 2.75) is 13.0 Å². The second kappa shape index (κ2) is 7.35. The van der Waals surface area contributed by atoms with Gasteiger partial charge >= 0.3 is 0 Å². The molecule has 100 valence electrons. The van der Waals surface area contributed by atoms with E-state index in [-0.39, 0.29) is 18.6 Å². The number of methoxy groups -OCH3 is 1. The van der Waals surface area contributed by atoms with Gasteiger partial charge in [-0.05, 0) is 41.1 Å². The van der Waals surface area contributed by atoms with Crippen LogP contribution in [0.4, 0.5) is 11.4 Å². The Balaban J connectivity index is 2.44. The maximum absolute atomic E-state index is 11.6. The molecule has 0 aliphatic heterocycles. The Morgan fingerprint density at radius 3 is 2.89 bits per heavy atom. The van der Waals surface area contributed by atoms with Crippen LogP contribution in [0.25, 0.3) is 0 Å². The van der Waals surface area contributed by atoms with Gasteiger partial charge in [-0.1, -0.05) is 0 Å². The highest BCUT2D eigenvalue weighted by molar-refractivity contribution is 9.10. The standard InChI is InChI=1S/C12H17BrN2O3/c1-8(6-17-2)18-7-12(16)15-11-4-3-9(14)5-10(11)13/h3-5,8H,6-7,14H2,1-2H3,(H,15,16). The van der Waals surface area contributed by atoms with Gasteiger partial charge in [0.25, 0.3) is 0 Å². The predicted octanol–water partition coefficient (Wildman–Crippen LogP) is 2.02. The highest BCUT2D eigenvalue weighted by atomic mass is 79.9. The lowest BCUT2D eigenvalue weighted by Crippen LogP contribution is -2.24. The first-order valence-electron chi connectivity index (χ1n) is 5.48. The number of carbonyl (C=O) groups excluding carboxylic acids is 1. The molecule has 1 unspecified atom stereocenters. The lowest BCUT2D eigenvalue weighted by atomic mass is 10.3. The number of halogens is 1. The maximum Gasteiger partial charge on any atom is 0.250 e. The zero-order valence-corrected chi connectivity index (χ0v) is 12.0. The molecular formula is C12H17BrN2O3. The number of nitrogen functional groups attached to an aromatic ring is 1. The van der Waals surface area contributed by atoms with E-state index in [1.54, 1.807) is 25.3 Å². The van der Waals surface area contributed by atoms with Crippen molar-refractivity contribution in [3.63, 3.8) is 0 Å². The summed E-state index contributed by atoms with van der Waals surface area (Å²) in [6.45, 7) is 2.29. The van der Waals surface area contributed by atoms with Crippen LogP contribution in [0.5, 0.6) is 0 Å². The molecule has 3 N–H and O–H groups in total. The molecule has 1 aromatic rings. The molecule has 0 aliphatic rings. The summed E-state index contributed by atoms with van der Waals surface area (Å²) in [5.41, 5.74) is 6.90. The molecule has 5 nitrogen and oxygen atoms in total. The molecule has 0 saturated heterocycles. The fourth-order valence-corrected chi connectivity index (χ4v) is 1.82. The van der Waals surface area contributed by atoms with Crippen molar-refractivity contribution in [3.8, 4) is 0 Å². The Labute approximate surface area is 115 Å². The van der Waals surface area contributed by atoms with Crippen LogP contribution < -0.4 is 11.1 Å². The lowest BCUT2D eigenvalue weighted by molar-refractivity contribution is -0.123. The molecule has 0 heterocycles. The lowest BCUT2D eigenvalue weighted by Gasteiger charge is -2.12. The van der Waals surface area contributed by atoms with Crippen LogP contribution in [0.15, 0.2) is 22.7 Å². The molecule has 0 aromatic heterocycles. The van der Waals surface area contributed by atoms with Crippen LogP contribution >= 0.6 is 15.9 Å². The summed E-state index contributed by atoms with van der Waals surface area (Å²) in [4.78, 5) is 11.6. The molecule has 1 amide bonds. The van der Waals surface area contributed by atoms with Gasteiger partial charge in [-0.15, -0.1) is 0 Å². The van der Waals surface area contributed by atoms with Crippen LogP contribution in [-0.4, -0.2) is 32.3 Å². The smallest absolute Gasteiger partial charge is 0.250 e. The fraction of sp³-hybridized carbons (Fsp3) is 0.417. The van der Waals surface area contributed by atoms with Crippen molar-refractivity contribution >= 4 is 33.2 Å². The van der Waals surface area contributed by atoms with Gasteiger partial charge in [0, 0.05) is 17.3 Å². The molecule has 1 rings (SSSR count). The number of benzene rings is 1. The molecule has 0 radical (unpaired) electrons. The molecule has 0 fully saturated rings. The van der Waals surface area contributed by atoms with E-state index in [9.17, 15) is 4.79 Å². The van der Waals surface area contributed by atoms with E-state index in [1.165, 1.54) is 0 Å². The normalized spacial score (nSPS) is 12.2. The van der Waals surface area contributed by atoms with Crippen molar-refractivity contribution in [2.24, 2.45) is 0 Å². The molecule has 1 aromatic carbocycles. The zero-order chi connectivity index (χ0) is 13.5. The van der Waals surface area contributed by atoms with Gasteiger partial charge < -0.3 is 20.5 Å². The van der Waals surface area contributed by atoms with Crippen molar-refractivity contribution in [1.29, 1.82) is 0 Å². The zero-order valence-electron chi connectivity index (χ0n) is 10.4. The Morgan fingerprint density at radius 1 is 1.56 bits per heavy atom. The Hall–Kier alpha value is -1.11. The summed E-state index contributed by atoms with van der Waals surface area (Å²) in [6.07, 6.45) is -0.115. The molecule has 0 bridgehead atoms. The van der Waals surface area contributed by atoms with E-state index in [4.69, 9.17) is 15.2 Å². The fourth-order valence-electron chi connectivity index (χ4n) is 1.32. The number of carbonyl (C=O) groups is 1. The Morgan fingerprint density at radius 2 is 2.28 bits per heavy atom. The monoisotopic (exact) mass is 316 g/mol. The van der Waals surface area contributed by atoms with Gasteiger partial charge in [0.05, 0.1) is 18.4 Å². The molecule has 0 saturated carbocycles. The number of ether oxygens (including phenoxy) is 2. The first kappa shape index (κ1) is 14.9. The SMILES string of the molecule is COCC(C)OCC(=O)Nc1ccc(N)cc1Br. The summed E-state index contributed by atoms with van der Waals surface area (Å²) in [5.74, 6) is -0.219. The van der Waals surface area contributed by atoms with Crippen LogP contribution in [0.3, 0.4) is 0 Å². The minimum absolute atomic E-state index is 0.0126. The van der Waals surface area contributed by atoms with Crippen molar-refractivity contribution in [1.82, 2.24) is 0 Å². The molecular weight excluding hydrogens is 300 g/mol. The van der Waals surface area contributed by atoms with Crippen LogP contribution in [0.1, 0.15) is 6.92 Å². The second-order valence-corrected chi connectivity index (χ2v) is 4.72. The third-order valence-electron chi connectivity index (χ3n) is 2.17. The van der Waals surface area contributed by atoms with Gasteiger partial charge in [-0.25, -0.2) is 0 Å². The summed E-state index contributed by atoms with van der Waals surface area (Å²) < 4.78 is 10.9. The van der Waals surface area contributed by atoms with Crippen molar-refractivity contribution in [2.75, 3.05) is 31.4 Å². The number of amides is 1. The van der Waals surface area contributed by atoms with E-state index < -0.39 is 0 Å². The van der Waals surface area contributed by atoms with Crippen LogP contribution in [0.2, 0.25) is 0 Å². The number of anilines is 2.